The maximum absolute atomic E-state index is 13.3. The van der Waals surface area contributed by atoms with Gasteiger partial charge in [0, 0.05) is 59.1 Å². The Labute approximate surface area is 399 Å². The molecule has 14 nitrogen and oxygen atoms in total. The number of aliphatic hydroxyl groups is 2. The van der Waals surface area contributed by atoms with Gasteiger partial charge in [0.05, 0.1) is 46.2 Å². The van der Waals surface area contributed by atoms with Crippen LogP contribution in [0.2, 0.25) is 0 Å². The van der Waals surface area contributed by atoms with Crippen LogP contribution < -0.4 is 20.1 Å². The Hall–Kier alpha value is -6.86. The molecule has 12 rings (SSSR count). The molecular weight excluding hydrogens is 905 g/mol. The summed E-state index contributed by atoms with van der Waals surface area (Å²) in [6.45, 7) is 4.84. The lowest BCUT2D eigenvalue weighted by Gasteiger charge is -2.25. The number of halogens is 4. The number of rotatable bonds is 8. The monoisotopic (exact) mass is 954 g/mol. The van der Waals surface area contributed by atoms with Gasteiger partial charge in [-0.15, -0.1) is 0 Å². The van der Waals surface area contributed by atoms with Crippen molar-refractivity contribution in [1.29, 1.82) is 0 Å². The fraction of sp³-hybridized carbons (Fsp3) is 0.346. The van der Waals surface area contributed by atoms with Crippen LogP contribution in [0.3, 0.4) is 0 Å². The lowest BCUT2D eigenvalue weighted by Crippen LogP contribution is -2.24. The fourth-order valence-electron chi connectivity index (χ4n) is 10.7. The Kier molecular flexibility index (Phi) is 11.0. The minimum atomic E-state index is -2.90. The average Bonchev–Trinajstić information content (AvgIpc) is 4.02. The third-order valence-corrected chi connectivity index (χ3v) is 13.8. The molecule has 4 bridgehead atoms. The van der Waals surface area contributed by atoms with Crippen molar-refractivity contribution in [1.82, 2.24) is 49.7 Å². The van der Waals surface area contributed by atoms with Crippen molar-refractivity contribution in [2.24, 2.45) is 0 Å². The highest BCUT2D eigenvalue weighted by Gasteiger charge is 2.43. The van der Waals surface area contributed by atoms with E-state index in [2.05, 4.69) is 39.7 Å². The Morgan fingerprint density at radius 2 is 0.957 bits per heavy atom. The van der Waals surface area contributed by atoms with Crippen molar-refractivity contribution in [2.75, 3.05) is 0 Å². The third kappa shape index (κ3) is 7.92. The molecule has 0 aliphatic carbocycles. The summed E-state index contributed by atoms with van der Waals surface area (Å²) >= 11 is 0. The highest BCUT2D eigenvalue weighted by Crippen LogP contribution is 2.51. The maximum atomic E-state index is 13.3. The number of alkyl halides is 4. The topological polar surface area (TPSA) is 170 Å². The first-order valence-electron chi connectivity index (χ1n) is 23.2. The van der Waals surface area contributed by atoms with Gasteiger partial charge in [0.2, 0.25) is 0 Å². The third-order valence-electron chi connectivity index (χ3n) is 13.8. The predicted octanol–water partition coefficient (Wildman–Crippen LogP) is 10.0. The number of fused-ring (bicyclic) bond motifs is 18. The van der Waals surface area contributed by atoms with Gasteiger partial charge >= 0.3 is 13.2 Å². The average molecular weight is 955 g/mol. The highest BCUT2D eigenvalue weighted by atomic mass is 19.3. The van der Waals surface area contributed by atoms with Gasteiger partial charge in [-0.05, 0) is 113 Å². The van der Waals surface area contributed by atoms with E-state index in [1.807, 2.05) is 62.4 Å². The van der Waals surface area contributed by atoms with Crippen LogP contribution in [-0.2, 0) is 11.2 Å². The quantitative estimate of drug-likeness (QED) is 0.107. The first-order chi connectivity index (χ1) is 33.4. The van der Waals surface area contributed by atoms with Crippen molar-refractivity contribution in [2.45, 2.75) is 115 Å². The van der Waals surface area contributed by atoms with Gasteiger partial charge in [0.25, 0.3) is 0 Å². The number of nitrogens with one attached hydrogen (secondary N) is 2. The summed E-state index contributed by atoms with van der Waals surface area (Å²) in [5.74, 6) is 2.89. The van der Waals surface area contributed by atoms with Crippen LogP contribution in [0.25, 0.3) is 44.3 Å². The van der Waals surface area contributed by atoms with Crippen LogP contribution in [-0.4, -0.2) is 62.5 Å². The molecule has 0 spiro atoms. The Morgan fingerprint density at radius 1 is 0.571 bits per heavy atom. The normalized spacial score (nSPS) is 21.2. The molecule has 4 aromatic carbocycles. The molecule has 0 radical (unpaired) electrons. The summed E-state index contributed by atoms with van der Waals surface area (Å²) in [6.07, 6.45) is 8.18. The molecule has 6 atom stereocenters. The molecule has 4 aliphatic heterocycles. The molecule has 360 valence electrons. The SMILES string of the molecule is C[C@@H]1N[C@@H]2C[C@H](c3c(OC(F)F)cccc31)n1c2nc2ccc(-c3cnc(C(C)(C)O)nc3)cc21.C[C@@H]1N[C@@H]2C[C@H](c3c(OC(F)F)cccc31)n1c2nc2ccc(-c3cnc(C(C)(C)O)nc3)cc21. The summed E-state index contributed by atoms with van der Waals surface area (Å²) in [7, 11) is 0. The standard InChI is InChI=1S/2C26H25F2N5O2/c2*1-13-16-5-4-6-21(35-25(27)28)22(16)20-10-18(31-13)23-32-17-8-7-14(9-19(17)33(20)23)15-11-29-24(30-12-15)26(2,3)34/h2*4-9,11-13,18,20,25,31,34H,10H2,1-3H3/t2*13-,18+,20+/m00/s1. The largest absolute Gasteiger partial charge is 0.434 e. The summed E-state index contributed by atoms with van der Waals surface area (Å²) < 4.78 is 67.3. The Bertz CT molecular complexity index is 3080. The van der Waals surface area contributed by atoms with Crippen molar-refractivity contribution in [3.8, 4) is 33.8 Å². The summed E-state index contributed by atoms with van der Waals surface area (Å²) in [6, 6.07) is 22.1. The van der Waals surface area contributed by atoms with Crippen LogP contribution >= 0.6 is 0 Å². The number of imidazole rings is 2. The molecule has 4 N–H and O–H groups in total. The smallest absolute Gasteiger partial charge is 0.387 e. The minimum Gasteiger partial charge on any atom is -0.434 e. The molecule has 18 heteroatoms. The number of hydrogen-bond donors (Lipinski definition) is 4. The number of aromatic nitrogens is 8. The summed E-state index contributed by atoms with van der Waals surface area (Å²) in [4.78, 5) is 27.1. The van der Waals surface area contributed by atoms with E-state index in [4.69, 9.17) is 19.4 Å². The molecule has 0 saturated heterocycles. The number of nitrogens with zero attached hydrogens (tertiary/aromatic N) is 8. The predicted molar refractivity (Wildman–Crippen MR) is 252 cm³/mol. The van der Waals surface area contributed by atoms with Crippen molar-refractivity contribution in [3.63, 3.8) is 0 Å². The second kappa shape index (κ2) is 16.9. The molecule has 8 aromatic rings. The Balaban J connectivity index is 0.000000152. The maximum Gasteiger partial charge on any atom is 0.387 e. The molecule has 0 amide bonds. The summed E-state index contributed by atoms with van der Waals surface area (Å²) in [5.41, 5.74) is 8.11. The number of benzene rings is 4. The van der Waals surface area contributed by atoms with Gasteiger partial charge < -0.3 is 39.5 Å². The molecule has 0 unspecified atom stereocenters. The molecule has 8 heterocycles. The van der Waals surface area contributed by atoms with Crippen molar-refractivity contribution >= 4 is 22.1 Å². The molecule has 70 heavy (non-hydrogen) atoms. The van der Waals surface area contributed by atoms with E-state index < -0.39 is 24.4 Å². The lowest BCUT2D eigenvalue weighted by atomic mass is 9.95. The van der Waals surface area contributed by atoms with Crippen LogP contribution in [0.15, 0.2) is 97.6 Å². The van der Waals surface area contributed by atoms with Crippen molar-refractivity contribution < 1.29 is 37.2 Å². The second-order valence-corrected chi connectivity index (χ2v) is 19.5. The van der Waals surface area contributed by atoms with E-state index in [0.717, 1.165) is 78.2 Å². The van der Waals surface area contributed by atoms with Gasteiger partial charge in [0.1, 0.15) is 34.3 Å². The highest BCUT2D eigenvalue weighted by molar-refractivity contribution is 5.84. The Morgan fingerprint density at radius 3 is 1.31 bits per heavy atom. The molecule has 0 saturated carbocycles. The molecule has 4 aromatic heterocycles. The van der Waals surface area contributed by atoms with Crippen LogP contribution in [0, 0.1) is 0 Å². The molecular formula is C52H50F4N10O4. The van der Waals surface area contributed by atoms with Crippen LogP contribution in [0.1, 0.15) is 136 Å². The van der Waals surface area contributed by atoms with E-state index in [1.54, 1.807) is 76.7 Å². The summed E-state index contributed by atoms with van der Waals surface area (Å²) in [5, 5.41) is 27.6. The minimum absolute atomic E-state index is 0.00736. The second-order valence-electron chi connectivity index (χ2n) is 19.5. The number of ether oxygens (including phenoxy) is 2. The fourth-order valence-corrected chi connectivity index (χ4v) is 10.7. The van der Waals surface area contributed by atoms with E-state index in [0.29, 0.717) is 24.5 Å². The van der Waals surface area contributed by atoms with Gasteiger partial charge in [-0.3, -0.25) is 0 Å². The first kappa shape index (κ1) is 45.6. The zero-order valence-corrected chi connectivity index (χ0v) is 39.1. The van der Waals surface area contributed by atoms with E-state index in [-0.39, 0.29) is 47.8 Å². The van der Waals surface area contributed by atoms with Crippen molar-refractivity contribution in [3.05, 3.63) is 143 Å². The van der Waals surface area contributed by atoms with Gasteiger partial charge in [0.15, 0.2) is 11.6 Å². The van der Waals surface area contributed by atoms with Crippen LogP contribution in [0.5, 0.6) is 11.5 Å². The molecule has 4 aliphatic rings. The lowest BCUT2D eigenvalue weighted by molar-refractivity contribution is -0.0514. The zero-order valence-electron chi connectivity index (χ0n) is 39.1. The van der Waals surface area contributed by atoms with Gasteiger partial charge in [-0.1, -0.05) is 36.4 Å². The number of hydrogen-bond acceptors (Lipinski definition) is 12. The van der Waals surface area contributed by atoms with E-state index in [9.17, 15) is 27.8 Å². The molecule has 0 fully saturated rings. The van der Waals surface area contributed by atoms with Gasteiger partial charge in [-0.25, -0.2) is 29.9 Å². The van der Waals surface area contributed by atoms with E-state index >= 15 is 0 Å². The zero-order chi connectivity index (χ0) is 49.0. The van der Waals surface area contributed by atoms with E-state index in [1.165, 1.54) is 0 Å². The van der Waals surface area contributed by atoms with Gasteiger partial charge in [-0.2, -0.15) is 17.6 Å². The first-order valence-corrected chi connectivity index (χ1v) is 23.2. The van der Waals surface area contributed by atoms with Crippen LogP contribution in [0.4, 0.5) is 17.6 Å².